The monoisotopic (exact) mass is 430 g/mol. The summed E-state index contributed by atoms with van der Waals surface area (Å²) in [5.41, 5.74) is -0.558. The molecule has 0 aliphatic heterocycles. The predicted molar refractivity (Wildman–Crippen MR) is 105 cm³/mol. The van der Waals surface area contributed by atoms with Crippen LogP contribution < -0.4 is 4.74 Å². The highest BCUT2D eigenvalue weighted by molar-refractivity contribution is 5.86. The summed E-state index contributed by atoms with van der Waals surface area (Å²) in [5.74, 6) is 4.91. The fourth-order valence-electron chi connectivity index (χ4n) is 2.64. The highest BCUT2D eigenvalue weighted by atomic mass is 19.4. The van der Waals surface area contributed by atoms with Crippen LogP contribution in [0.2, 0.25) is 0 Å². The van der Waals surface area contributed by atoms with Gasteiger partial charge in [-0.15, -0.1) is 0 Å². The van der Waals surface area contributed by atoms with Crippen LogP contribution in [0, 0.1) is 41.1 Å². The first kappa shape index (κ1) is 21.9. The third kappa shape index (κ3) is 5.40. The molecule has 0 aromatic heterocycles. The molecule has 7 heteroatoms. The van der Waals surface area contributed by atoms with E-state index in [0.29, 0.717) is 11.3 Å². The van der Waals surface area contributed by atoms with Gasteiger partial charge < -0.3 is 4.74 Å². The predicted octanol–water partition coefficient (Wildman–Crippen LogP) is 6.14. The van der Waals surface area contributed by atoms with Gasteiger partial charge in [0.1, 0.15) is 29.8 Å². The molecule has 3 aromatic carbocycles. The van der Waals surface area contributed by atoms with E-state index in [1.807, 2.05) is 0 Å². The van der Waals surface area contributed by atoms with E-state index < -0.39 is 29.2 Å². The Morgan fingerprint density at radius 1 is 0.903 bits per heavy atom. The summed E-state index contributed by atoms with van der Waals surface area (Å²) >= 11 is 0. The first-order valence-corrected chi connectivity index (χ1v) is 8.75. The van der Waals surface area contributed by atoms with Gasteiger partial charge in [-0.25, -0.2) is 13.2 Å². The second-order valence-corrected chi connectivity index (χ2v) is 6.22. The molecule has 0 bridgehead atoms. The Balaban J connectivity index is 1.94. The Labute approximate surface area is 174 Å². The van der Waals surface area contributed by atoms with Gasteiger partial charge in [-0.1, -0.05) is 36.5 Å². The van der Waals surface area contributed by atoms with Crippen molar-refractivity contribution in [2.75, 3.05) is 6.61 Å². The highest BCUT2D eigenvalue weighted by Crippen LogP contribution is 2.25. The molecule has 0 unspecified atom stereocenters. The minimum Gasteiger partial charge on any atom is -0.489 e. The van der Waals surface area contributed by atoms with Crippen molar-refractivity contribution >= 4 is 10.8 Å². The van der Waals surface area contributed by atoms with E-state index in [-0.39, 0.29) is 22.9 Å². The molecule has 3 aromatic rings. The lowest BCUT2D eigenvalue weighted by Crippen LogP contribution is -2.02. The average molecular weight is 430 g/mol. The topological polar surface area (TPSA) is 9.23 Å². The van der Waals surface area contributed by atoms with Crippen LogP contribution in [0.3, 0.4) is 0 Å². The summed E-state index contributed by atoms with van der Waals surface area (Å²) in [6.45, 7) is 3.72. The summed E-state index contributed by atoms with van der Waals surface area (Å²) in [6.07, 6.45) is -3.36. The zero-order valence-corrected chi connectivity index (χ0v) is 15.7. The van der Waals surface area contributed by atoms with Crippen molar-refractivity contribution in [3.63, 3.8) is 0 Å². The van der Waals surface area contributed by atoms with Gasteiger partial charge in [0.05, 0.1) is 11.1 Å². The number of rotatable bonds is 3. The molecular weight excluding hydrogens is 418 g/mol. The third-order valence-electron chi connectivity index (χ3n) is 4.01. The van der Waals surface area contributed by atoms with Crippen LogP contribution in [0.4, 0.5) is 26.3 Å². The Hall–Kier alpha value is -3.84. The number of hydrogen-bond donors (Lipinski definition) is 0. The fourth-order valence-corrected chi connectivity index (χ4v) is 2.64. The minimum absolute atomic E-state index is 0.0769. The summed E-state index contributed by atoms with van der Waals surface area (Å²) < 4.78 is 84.6. The first-order valence-electron chi connectivity index (χ1n) is 8.75. The van der Waals surface area contributed by atoms with Crippen LogP contribution in [0.25, 0.3) is 10.8 Å². The van der Waals surface area contributed by atoms with Crippen molar-refractivity contribution in [2.24, 2.45) is 0 Å². The van der Waals surface area contributed by atoms with Gasteiger partial charge in [0.2, 0.25) is 0 Å². The number of halogens is 6. The Bertz CT molecular complexity index is 1280. The summed E-state index contributed by atoms with van der Waals surface area (Å²) in [5, 5.41) is -0.0404. The number of ether oxygens (including phenoxy) is 1. The standard InChI is InChI=1S/C24H12F6O/c1-2-11-31-18-7-6-16(21(25)14-18)5-3-15-4-8-19-17(12-15)13-22(26)20(23(19)27)9-10-24(28,29)30/h2,4,6-8,12-14H,1,11H2. The highest BCUT2D eigenvalue weighted by Gasteiger charge is 2.24. The van der Waals surface area contributed by atoms with Gasteiger partial charge in [0, 0.05) is 22.9 Å². The van der Waals surface area contributed by atoms with Crippen LogP contribution in [-0.4, -0.2) is 12.8 Å². The smallest absolute Gasteiger partial charge is 0.458 e. The fraction of sp³-hybridized carbons (Fsp3) is 0.0833. The lowest BCUT2D eigenvalue weighted by atomic mass is 10.0. The van der Waals surface area contributed by atoms with E-state index in [1.54, 1.807) is 0 Å². The lowest BCUT2D eigenvalue weighted by molar-refractivity contribution is -0.0696. The zero-order chi connectivity index (χ0) is 22.6. The van der Waals surface area contributed by atoms with Crippen LogP contribution in [0.5, 0.6) is 5.75 Å². The number of benzene rings is 3. The van der Waals surface area contributed by atoms with Gasteiger partial charge in [0.15, 0.2) is 0 Å². The van der Waals surface area contributed by atoms with Crippen LogP contribution >= 0.6 is 0 Å². The Morgan fingerprint density at radius 3 is 2.35 bits per heavy atom. The number of alkyl halides is 3. The summed E-state index contributed by atoms with van der Waals surface area (Å²) in [7, 11) is 0. The van der Waals surface area contributed by atoms with Crippen LogP contribution in [0.15, 0.2) is 55.1 Å². The molecule has 0 fully saturated rings. The van der Waals surface area contributed by atoms with E-state index in [9.17, 15) is 26.3 Å². The quantitative estimate of drug-likeness (QED) is 0.276. The molecule has 0 aliphatic rings. The maximum Gasteiger partial charge on any atom is 0.458 e. The van der Waals surface area contributed by atoms with Gasteiger partial charge in [-0.3, -0.25) is 0 Å². The average Bonchev–Trinajstić information content (AvgIpc) is 2.70. The van der Waals surface area contributed by atoms with Crippen molar-refractivity contribution in [3.8, 4) is 29.4 Å². The van der Waals surface area contributed by atoms with Crippen molar-refractivity contribution in [1.82, 2.24) is 0 Å². The van der Waals surface area contributed by atoms with Crippen molar-refractivity contribution in [2.45, 2.75) is 6.18 Å². The Kier molecular flexibility index (Phi) is 6.27. The van der Waals surface area contributed by atoms with E-state index in [4.69, 9.17) is 4.74 Å². The van der Waals surface area contributed by atoms with E-state index in [2.05, 4.69) is 18.4 Å². The van der Waals surface area contributed by atoms with Gasteiger partial charge >= 0.3 is 6.18 Å². The molecule has 0 amide bonds. The molecule has 0 aliphatic carbocycles. The van der Waals surface area contributed by atoms with Crippen LogP contribution in [-0.2, 0) is 0 Å². The molecule has 0 saturated carbocycles. The van der Waals surface area contributed by atoms with E-state index in [1.165, 1.54) is 48.4 Å². The van der Waals surface area contributed by atoms with E-state index in [0.717, 1.165) is 12.0 Å². The second-order valence-electron chi connectivity index (χ2n) is 6.22. The molecular formula is C24H12F6O. The van der Waals surface area contributed by atoms with E-state index >= 15 is 0 Å². The molecule has 156 valence electrons. The molecule has 0 heterocycles. The first-order chi connectivity index (χ1) is 14.7. The van der Waals surface area contributed by atoms with Crippen LogP contribution in [0.1, 0.15) is 16.7 Å². The van der Waals surface area contributed by atoms with Crippen molar-refractivity contribution in [1.29, 1.82) is 0 Å². The molecule has 0 spiro atoms. The summed E-state index contributed by atoms with van der Waals surface area (Å²) in [4.78, 5) is 0. The number of fused-ring (bicyclic) bond motifs is 1. The zero-order valence-electron chi connectivity index (χ0n) is 15.7. The van der Waals surface area contributed by atoms with Crippen molar-refractivity contribution < 1.29 is 31.1 Å². The van der Waals surface area contributed by atoms with Gasteiger partial charge in [0.25, 0.3) is 0 Å². The minimum atomic E-state index is -4.88. The summed E-state index contributed by atoms with van der Waals surface area (Å²) in [6, 6.07) is 8.97. The molecule has 0 atom stereocenters. The SMILES string of the molecule is C=CCOc1ccc(C#Cc2ccc3c(F)c(C#CC(F)(F)F)c(F)cc3c2)c(F)c1. The van der Waals surface area contributed by atoms with Gasteiger partial charge in [-0.2, -0.15) is 13.2 Å². The van der Waals surface area contributed by atoms with Gasteiger partial charge in [-0.05, 0) is 35.7 Å². The Morgan fingerprint density at radius 2 is 1.68 bits per heavy atom. The molecule has 31 heavy (non-hydrogen) atoms. The normalized spacial score (nSPS) is 10.6. The largest absolute Gasteiger partial charge is 0.489 e. The lowest BCUT2D eigenvalue weighted by Gasteiger charge is -2.05. The van der Waals surface area contributed by atoms with Crippen molar-refractivity contribution in [3.05, 3.63) is 89.3 Å². The molecule has 1 nitrogen and oxygen atoms in total. The maximum atomic E-state index is 14.5. The number of hydrogen-bond acceptors (Lipinski definition) is 1. The molecule has 0 saturated heterocycles. The molecule has 3 rings (SSSR count). The second kappa shape index (κ2) is 8.89. The third-order valence-corrected chi connectivity index (χ3v) is 4.01. The molecule has 0 radical (unpaired) electrons. The molecule has 0 N–H and O–H groups in total. The maximum absolute atomic E-state index is 14.5.